The number of amides is 3. The van der Waals surface area contributed by atoms with E-state index in [4.69, 9.17) is 4.74 Å². The highest BCUT2D eigenvalue weighted by atomic mass is 19.1. The molecular weight excluding hydrogens is 573 g/mol. The molecule has 0 radical (unpaired) electrons. The smallest absolute Gasteiger partial charge is 0.264 e. The number of likely N-dealkylation sites (tertiary alicyclic amines) is 1. The number of benzene rings is 3. The van der Waals surface area contributed by atoms with E-state index >= 15 is 4.39 Å². The van der Waals surface area contributed by atoms with Crippen LogP contribution in [0.5, 0.6) is 0 Å². The Balaban J connectivity index is 1.33. The number of nitrogens with zero attached hydrogens (tertiary/aromatic N) is 3. The molecule has 8 nitrogen and oxygen atoms in total. The number of carbonyl (C=O) groups is 3. The lowest BCUT2D eigenvalue weighted by Crippen LogP contribution is -2.45. The Hall–Kier alpha value is -4.08. The zero-order valence-electron chi connectivity index (χ0n) is 25.8. The van der Waals surface area contributed by atoms with Crippen molar-refractivity contribution < 1.29 is 28.6 Å². The van der Waals surface area contributed by atoms with E-state index in [0.717, 1.165) is 22.9 Å². The van der Waals surface area contributed by atoms with Crippen LogP contribution in [0.1, 0.15) is 56.0 Å². The number of hydrogen-bond donors (Lipinski definition) is 1. The van der Waals surface area contributed by atoms with Gasteiger partial charge in [-0.2, -0.15) is 0 Å². The topological polar surface area (TPSA) is 90.4 Å². The van der Waals surface area contributed by atoms with Gasteiger partial charge in [0.25, 0.3) is 11.8 Å². The second-order valence-corrected chi connectivity index (χ2v) is 13.3. The van der Waals surface area contributed by atoms with Gasteiger partial charge >= 0.3 is 0 Å². The van der Waals surface area contributed by atoms with E-state index < -0.39 is 29.2 Å². The summed E-state index contributed by atoms with van der Waals surface area (Å²) in [4.78, 5) is 46.8. The lowest BCUT2D eigenvalue weighted by molar-refractivity contribution is -0.150. The number of alkyl halides is 1. The van der Waals surface area contributed by atoms with Crippen molar-refractivity contribution in [3.8, 4) is 0 Å². The number of anilines is 3. The van der Waals surface area contributed by atoms with Gasteiger partial charge in [-0.05, 0) is 62.4 Å². The van der Waals surface area contributed by atoms with Crippen molar-refractivity contribution in [1.82, 2.24) is 4.90 Å². The summed E-state index contributed by atoms with van der Waals surface area (Å²) in [5, 5.41) is 11.7. The Morgan fingerprint density at radius 2 is 1.91 bits per heavy atom. The molecule has 1 spiro atoms. The SMILES string of the molecule is C=CCN1C(=O)[C@@]2(O[C@@H](CC(=O)N3CCC[C@H]3CO)[C@H](C(C)(C)F)[C@H]2C)c2cc(N3C(=O)c4cccc5cccc3c45)ccc21. The molecule has 4 aliphatic heterocycles. The van der Waals surface area contributed by atoms with E-state index in [1.807, 2.05) is 61.5 Å². The Morgan fingerprint density at radius 3 is 2.62 bits per heavy atom. The summed E-state index contributed by atoms with van der Waals surface area (Å²) >= 11 is 0. The summed E-state index contributed by atoms with van der Waals surface area (Å²) in [5.74, 6) is -2.15. The number of fused-ring (bicyclic) bond motifs is 2. The van der Waals surface area contributed by atoms with Crippen LogP contribution >= 0.6 is 0 Å². The maximum Gasteiger partial charge on any atom is 0.264 e. The summed E-state index contributed by atoms with van der Waals surface area (Å²) in [6.07, 6.45) is 2.15. The average molecular weight is 612 g/mol. The molecule has 0 saturated carbocycles. The van der Waals surface area contributed by atoms with E-state index in [2.05, 4.69) is 6.58 Å². The summed E-state index contributed by atoms with van der Waals surface area (Å²) in [6.45, 7) is 9.23. The number of rotatable bonds is 7. The van der Waals surface area contributed by atoms with Crippen molar-refractivity contribution in [1.29, 1.82) is 0 Å². The van der Waals surface area contributed by atoms with Crippen LogP contribution in [0.25, 0.3) is 10.8 Å². The minimum absolute atomic E-state index is 0.105. The van der Waals surface area contributed by atoms with Crippen molar-refractivity contribution in [2.45, 2.75) is 63.4 Å². The normalized spacial score (nSPS) is 27.4. The van der Waals surface area contributed by atoms with E-state index in [1.165, 1.54) is 13.8 Å². The second-order valence-electron chi connectivity index (χ2n) is 13.3. The predicted molar refractivity (Wildman–Crippen MR) is 170 cm³/mol. The van der Waals surface area contributed by atoms with Crippen LogP contribution in [0.15, 0.2) is 67.3 Å². The van der Waals surface area contributed by atoms with Crippen LogP contribution in [-0.4, -0.2) is 65.2 Å². The molecule has 2 saturated heterocycles. The molecule has 3 aromatic rings. The van der Waals surface area contributed by atoms with Gasteiger partial charge in [0, 0.05) is 41.6 Å². The largest absolute Gasteiger partial charge is 0.394 e. The molecule has 0 aromatic heterocycles. The number of aliphatic hydroxyl groups is 1. The lowest BCUT2D eigenvalue weighted by Gasteiger charge is -2.33. The lowest BCUT2D eigenvalue weighted by atomic mass is 9.71. The van der Waals surface area contributed by atoms with Crippen molar-refractivity contribution in [2.24, 2.45) is 11.8 Å². The fourth-order valence-corrected chi connectivity index (χ4v) is 8.50. The average Bonchev–Trinajstić information content (AvgIpc) is 3.74. The molecule has 0 unspecified atom stereocenters. The predicted octanol–water partition coefficient (Wildman–Crippen LogP) is 5.63. The number of ether oxygens (including phenoxy) is 1. The first-order valence-electron chi connectivity index (χ1n) is 15.7. The number of hydrogen-bond acceptors (Lipinski definition) is 5. The number of halogens is 1. The first kappa shape index (κ1) is 29.6. The Morgan fingerprint density at radius 1 is 1.16 bits per heavy atom. The molecule has 45 heavy (non-hydrogen) atoms. The van der Waals surface area contributed by atoms with Crippen LogP contribution in [0, 0.1) is 11.8 Å². The molecule has 5 atom stereocenters. The van der Waals surface area contributed by atoms with Crippen LogP contribution in [-0.2, 0) is 19.9 Å². The number of aliphatic hydroxyl groups excluding tert-OH is 1. The summed E-state index contributed by atoms with van der Waals surface area (Å²) in [6, 6.07) is 16.6. The van der Waals surface area contributed by atoms with Crippen LogP contribution in [0.2, 0.25) is 0 Å². The van der Waals surface area contributed by atoms with Gasteiger partial charge in [-0.25, -0.2) is 4.39 Å². The highest BCUT2D eigenvalue weighted by Crippen LogP contribution is 2.59. The fraction of sp³-hybridized carbons (Fsp3) is 0.417. The second kappa shape index (κ2) is 10.5. The molecule has 1 N–H and O–H groups in total. The molecule has 234 valence electrons. The molecule has 7 rings (SSSR count). The Kier molecular flexibility index (Phi) is 6.91. The van der Waals surface area contributed by atoms with Gasteiger partial charge in [-0.1, -0.05) is 37.3 Å². The molecule has 3 aromatic carbocycles. The van der Waals surface area contributed by atoms with E-state index in [0.29, 0.717) is 35.5 Å². The molecule has 0 bridgehead atoms. The zero-order valence-corrected chi connectivity index (χ0v) is 25.8. The van der Waals surface area contributed by atoms with Crippen LogP contribution < -0.4 is 9.80 Å². The third kappa shape index (κ3) is 4.20. The molecule has 0 aliphatic carbocycles. The molecular formula is C36H38FN3O5. The van der Waals surface area contributed by atoms with Gasteiger partial charge in [0.05, 0.1) is 42.1 Å². The molecule has 4 aliphatic rings. The highest BCUT2D eigenvalue weighted by molar-refractivity contribution is 6.28. The minimum Gasteiger partial charge on any atom is -0.394 e. The maximum absolute atomic E-state index is 16.2. The van der Waals surface area contributed by atoms with E-state index in [-0.39, 0.29) is 43.3 Å². The summed E-state index contributed by atoms with van der Waals surface area (Å²) in [7, 11) is 0. The monoisotopic (exact) mass is 611 g/mol. The van der Waals surface area contributed by atoms with Gasteiger partial charge in [0.1, 0.15) is 5.67 Å². The third-order valence-corrected chi connectivity index (χ3v) is 10.4. The molecule has 2 fully saturated rings. The van der Waals surface area contributed by atoms with Crippen molar-refractivity contribution in [3.63, 3.8) is 0 Å². The van der Waals surface area contributed by atoms with Crippen LogP contribution in [0.3, 0.4) is 0 Å². The fourth-order valence-electron chi connectivity index (χ4n) is 8.50. The van der Waals surface area contributed by atoms with Crippen molar-refractivity contribution >= 4 is 45.6 Å². The summed E-state index contributed by atoms with van der Waals surface area (Å²) < 4.78 is 22.9. The highest BCUT2D eigenvalue weighted by Gasteiger charge is 2.66. The Bertz CT molecular complexity index is 1740. The molecule has 3 amide bonds. The standard InChI is InChI=1S/C36H38FN3O5/c1-5-16-39-27-15-14-23(40-28-13-7-10-22-9-6-12-25(31(22)28)33(40)43)18-26(27)36(34(39)44)21(2)32(35(3,4)37)29(45-36)19-30(42)38-17-8-11-24(38)20-41/h5-7,9-10,12-15,18,21,24,29,32,41H,1,8,11,16-17,19-20H2,2-4H3/t21-,24+,29+,32-,36+/m1/s1. The van der Waals surface area contributed by atoms with Gasteiger partial charge in [0.2, 0.25) is 5.91 Å². The number of carbonyl (C=O) groups excluding carboxylic acids is 3. The Labute approximate surface area is 262 Å². The first-order chi connectivity index (χ1) is 21.5. The first-order valence-corrected chi connectivity index (χ1v) is 15.7. The minimum atomic E-state index is -1.78. The van der Waals surface area contributed by atoms with Gasteiger partial charge in [0.15, 0.2) is 5.60 Å². The van der Waals surface area contributed by atoms with Crippen LogP contribution in [0.4, 0.5) is 21.5 Å². The molecule has 4 heterocycles. The molecule has 9 heteroatoms. The van der Waals surface area contributed by atoms with E-state index in [1.54, 1.807) is 20.8 Å². The maximum atomic E-state index is 16.2. The van der Waals surface area contributed by atoms with Gasteiger partial charge < -0.3 is 19.6 Å². The van der Waals surface area contributed by atoms with E-state index in [9.17, 15) is 19.5 Å². The van der Waals surface area contributed by atoms with Crippen molar-refractivity contribution in [2.75, 3.05) is 29.5 Å². The van der Waals surface area contributed by atoms with Gasteiger partial charge in [-0.3, -0.25) is 19.3 Å². The van der Waals surface area contributed by atoms with Gasteiger partial charge in [-0.15, -0.1) is 6.58 Å². The zero-order chi connectivity index (χ0) is 31.8. The summed E-state index contributed by atoms with van der Waals surface area (Å²) in [5.41, 5.74) is -0.255. The quantitative estimate of drug-likeness (QED) is 0.350. The van der Waals surface area contributed by atoms with Crippen molar-refractivity contribution in [3.05, 3.63) is 78.4 Å². The third-order valence-electron chi connectivity index (χ3n) is 10.4.